The number of anilines is 2. The zero-order chi connectivity index (χ0) is 13.4. The second-order valence-electron chi connectivity index (χ2n) is 3.94. The largest absolute Gasteiger partial charge is 0.399 e. The number of hydrogen-bond donors (Lipinski definition) is 3. The van der Waals surface area contributed by atoms with Crippen LogP contribution in [0.25, 0.3) is 0 Å². The summed E-state index contributed by atoms with van der Waals surface area (Å²) >= 11 is 0. The molecular formula is C13H21N3O2. The van der Waals surface area contributed by atoms with Crippen molar-refractivity contribution >= 4 is 17.3 Å². The van der Waals surface area contributed by atoms with Gasteiger partial charge >= 0.3 is 0 Å². The minimum atomic E-state index is -0.0910. The van der Waals surface area contributed by atoms with Gasteiger partial charge in [0, 0.05) is 38.2 Å². The molecule has 1 amide bonds. The van der Waals surface area contributed by atoms with Crippen LogP contribution in [-0.2, 0) is 4.74 Å². The molecule has 0 radical (unpaired) electrons. The van der Waals surface area contributed by atoms with Crippen LogP contribution in [0.5, 0.6) is 0 Å². The molecule has 5 heteroatoms. The van der Waals surface area contributed by atoms with Gasteiger partial charge in [-0.05, 0) is 31.5 Å². The summed E-state index contributed by atoms with van der Waals surface area (Å²) in [6.45, 7) is 3.92. The van der Waals surface area contributed by atoms with Gasteiger partial charge in [-0.1, -0.05) is 0 Å². The molecule has 4 N–H and O–H groups in total. The van der Waals surface area contributed by atoms with Gasteiger partial charge in [-0.25, -0.2) is 0 Å². The van der Waals surface area contributed by atoms with E-state index in [-0.39, 0.29) is 5.91 Å². The van der Waals surface area contributed by atoms with Crippen LogP contribution in [-0.4, -0.2) is 32.7 Å². The average molecular weight is 251 g/mol. The molecule has 0 aliphatic heterocycles. The summed E-state index contributed by atoms with van der Waals surface area (Å²) in [5.74, 6) is -0.0910. The summed E-state index contributed by atoms with van der Waals surface area (Å²) < 4.78 is 4.98. The molecular weight excluding hydrogens is 230 g/mol. The van der Waals surface area contributed by atoms with E-state index >= 15 is 0 Å². The first kappa shape index (κ1) is 14.3. The van der Waals surface area contributed by atoms with Gasteiger partial charge in [0.05, 0.1) is 5.56 Å². The lowest BCUT2D eigenvalue weighted by Crippen LogP contribution is -2.24. The van der Waals surface area contributed by atoms with Crippen LogP contribution in [0.1, 0.15) is 23.7 Å². The molecule has 0 atom stereocenters. The molecule has 1 aromatic carbocycles. The van der Waals surface area contributed by atoms with Crippen LogP contribution in [0.3, 0.4) is 0 Å². The molecule has 1 aromatic rings. The Morgan fingerprint density at radius 3 is 2.89 bits per heavy atom. The lowest BCUT2D eigenvalue weighted by molar-refractivity contribution is 0.0956. The van der Waals surface area contributed by atoms with E-state index in [9.17, 15) is 4.79 Å². The molecule has 0 aliphatic rings. The molecule has 1 rings (SSSR count). The third kappa shape index (κ3) is 4.25. The van der Waals surface area contributed by atoms with Gasteiger partial charge in [0.1, 0.15) is 0 Å². The topological polar surface area (TPSA) is 76.4 Å². The Hall–Kier alpha value is -1.75. The quantitative estimate of drug-likeness (QED) is 0.506. The molecule has 0 heterocycles. The first-order valence-electron chi connectivity index (χ1n) is 6.09. The minimum absolute atomic E-state index is 0.0910. The van der Waals surface area contributed by atoms with Gasteiger partial charge in [-0.3, -0.25) is 4.79 Å². The Balaban J connectivity index is 2.73. The zero-order valence-electron chi connectivity index (χ0n) is 11.0. The van der Waals surface area contributed by atoms with Gasteiger partial charge in [-0.15, -0.1) is 0 Å². The molecule has 0 aromatic heterocycles. The van der Waals surface area contributed by atoms with Crippen LogP contribution in [0.15, 0.2) is 18.2 Å². The van der Waals surface area contributed by atoms with Crippen LogP contribution in [0.4, 0.5) is 11.4 Å². The maximum Gasteiger partial charge on any atom is 0.253 e. The molecule has 0 fully saturated rings. The summed E-state index contributed by atoms with van der Waals surface area (Å²) in [6, 6.07) is 5.24. The molecule has 0 saturated carbocycles. The standard InChI is InChI=1S/C13H21N3O2/c1-3-15-13(17)11-6-5-10(14)9-12(11)16-7-4-8-18-2/h5-6,9,16H,3-4,7-8,14H2,1-2H3,(H,15,17). The van der Waals surface area contributed by atoms with Crippen molar-refractivity contribution < 1.29 is 9.53 Å². The van der Waals surface area contributed by atoms with Crippen molar-refractivity contribution in [3.63, 3.8) is 0 Å². The first-order valence-corrected chi connectivity index (χ1v) is 6.09. The monoisotopic (exact) mass is 251 g/mol. The van der Waals surface area contributed by atoms with Gasteiger partial charge < -0.3 is 21.1 Å². The van der Waals surface area contributed by atoms with Gasteiger partial charge in [0.2, 0.25) is 0 Å². The number of nitrogen functional groups attached to an aromatic ring is 1. The highest BCUT2D eigenvalue weighted by Crippen LogP contribution is 2.19. The SMILES string of the molecule is CCNC(=O)c1ccc(N)cc1NCCCOC. The molecule has 18 heavy (non-hydrogen) atoms. The normalized spacial score (nSPS) is 10.1. The van der Waals surface area contributed by atoms with Crippen molar-refractivity contribution in [3.05, 3.63) is 23.8 Å². The Labute approximate surface area is 108 Å². The van der Waals surface area contributed by atoms with Crippen LogP contribution < -0.4 is 16.4 Å². The number of nitrogens with one attached hydrogen (secondary N) is 2. The van der Waals surface area contributed by atoms with E-state index in [1.54, 1.807) is 25.3 Å². The first-order chi connectivity index (χ1) is 8.69. The highest BCUT2D eigenvalue weighted by atomic mass is 16.5. The minimum Gasteiger partial charge on any atom is -0.399 e. The summed E-state index contributed by atoms with van der Waals surface area (Å²) in [4.78, 5) is 11.8. The number of nitrogens with two attached hydrogens (primary N) is 1. The van der Waals surface area contributed by atoms with Crippen LogP contribution in [0, 0.1) is 0 Å². The molecule has 5 nitrogen and oxygen atoms in total. The molecule has 0 spiro atoms. The fraction of sp³-hybridized carbons (Fsp3) is 0.462. The van der Waals surface area contributed by atoms with Crippen molar-refractivity contribution in [2.75, 3.05) is 37.9 Å². The number of carbonyl (C=O) groups is 1. The highest BCUT2D eigenvalue weighted by molar-refractivity contribution is 6.00. The number of carbonyl (C=O) groups excluding carboxylic acids is 1. The Kier molecular flexibility index (Phi) is 6.00. The highest BCUT2D eigenvalue weighted by Gasteiger charge is 2.10. The van der Waals surface area contributed by atoms with Crippen molar-refractivity contribution in [1.82, 2.24) is 5.32 Å². The average Bonchev–Trinajstić information content (AvgIpc) is 2.35. The van der Waals surface area contributed by atoms with Crippen molar-refractivity contribution in [3.8, 4) is 0 Å². The third-order valence-electron chi connectivity index (χ3n) is 2.47. The molecule has 0 unspecified atom stereocenters. The Bertz CT molecular complexity index is 394. The molecule has 0 bridgehead atoms. The van der Waals surface area contributed by atoms with E-state index in [2.05, 4.69) is 10.6 Å². The van der Waals surface area contributed by atoms with Crippen molar-refractivity contribution in [1.29, 1.82) is 0 Å². The van der Waals surface area contributed by atoms with Crippen LogP contribution in [0.2, 0.25) is 0 Å². The summed E-state index contributed by atoms with van der Waals surface area (Å²) in [5.41, 5.74) is 7.75. The van der Waals surface area contributed by atoms with E-state index in [4.69, 9.17) is 10.5 Å². The second kappa shape index (κ2) is 7.55. The summed E-state index contributed by atoms with van der Waals surface area (Å²) in [7, 11) is 1.67. The molecule has 0 aliphatic carbocycles. The Morgan fingerprint density at radius 2 is 2.22 bits per heavy atom. The number of methoxy groups -OCH3 is 1. The maximum absolute atomic E-state index is 11.8. The van der Waals surface area contributed by atoms with Crippen molar-refractivity contribution in [2.24, 2.45) is 0 Å². The van der Waals surface area contributed by atoms with E-state index < -0.39 is 0 Å². The smallest absolute Gasteiger partial charge is 0.253 e. The predicted octanol–water partition coefficient (Wildman–Crippen LogP) is 1.47. The summed E-state index contributed by atoms with van der Waals surface area (Å²) in [5, 5.41) is 5.99. The summed E-state index contributed by atoms with van der Waals surface area (Å²) in [6.07, 6.45) is 0.875. The van der Waals surface area contributed by atoms with E-state index in [0.717, 1.165) is 18.7 Å². The van der Waals surface area contributed by atoms with E-state index in [1.807, 2.05) is 6.92 Å². The van der Waals surface area contributed by atoms with Crippen molar-refractivity contribution in [2.45, 2.75) is 13.3 Å². The van der Waals surface area contributed by atoms with Gasteiger partial charge in [-0.2, -0.15) is 0 Å². The predicted molar refractivity (Wildman–Crippen MR) is 73.8 cm³/mol. The number of hydrogen-bond acceptors (Lipinski definition) is 4. The number of amides is 1. The number of benzene rings is 1. The van der Waals surface area contributed by atoms with Crippen LogP contribution >= 0.6 is 0 Å². The molecule has 100 valence electrons. The zero-order valence-corrected chi connectivity index (χ0v) is 11.0. The fourth-order valence-corrected chi connectivity index (χ4v) is 1.60. The number of rotatable bonds is 7. The second-order valence-corrected chi connectivity index (χ2v) is 3.94. The fourth-order valence-electron chi connectivity index (χ4n) is 1.60. The van der Waals surface area contributed by atoms with E-state index in [1.165, 1.54) is 0 Å². The lowest BCUT2D eigenvalue weighted by atomic mass is 10.1. The third-order valence-corrected chi connectivity index (χ3v) is 2.47. The Morgan fingerprint density at radius 1 is 1.44 bits per heavy atom. The van der Waals surface area contributed by atoms with Gasteiger partial charge in [0.25, 0.3) is 5.91 Å². The lowest BCUT2D eigenvalue weighted by Gasteiger charge is -2.12. The van der Waals surface area contributed by atoms with Gasteiger partial charge in [0.15, 0.2) is 0 Å². The molecule has 0 saturated heterocycles. The number of ether oxygens (including phenoxy) is 1. The maximum atomic E-state index is 11.8. The van der Waals surface area contributed by atoms with E-state index in [0.29, 0.717) is 24.4 Å².